The van der Waals surface area contributed by atoms with E-state index in [0.29, 0.717) is 6.42 Å². The third kappa shape index (κ3) is 4.54. The number of carbonyl (C=O) groups excluding carboxylic acids is 1. The predicted octanol–water partition coefficient (Wildman–Crippen LogP) is 3.20. The summed E-state index contributed by atoms with van der Waals surface area (Å²) in [4.78, 5) is 12.9. The second-order valence-corrected chi connectivity index (χ2v) is 3.67. The van der Waals surface area contributed by atoms with Gasteiger partial charge in [-0.25, -0.2) is 0 Å². The van der Waals surface area contributed by atoms with Crippen molar-refractivity contribution in [3.8, 4) is 0 Å². The van der Waals surface area contributed by atoms with E-state index in [1.807, 2.05) is 50.1 Å². The summed E-state index contributed by atoms with van der Waals surface area (Å²) in [6.07, 6.45) is 3.52. The van der Waals surface area contributed by atoms with Crippen molar-refractivity contribution >= 4 is 17.2 Å². The first-order valence-corrected chi connectivity index (χ1v) is 5.88. The van der Waals surface area contributed by atoms with E-state index in [2.05, 4.69) is 11.5 Å². The zero-order chi connectivity index (χ0) is 12.8. The molecule has 0 saturated heterocycles. The maximum absolute atomic E-state index is 11.0. The standard InChI is InChI=1S/C12H13N2O.C2H6.Y/c1-9(15)7-10-8-14(2)12-6-4-3-5-11(12)13-10;1-2;/h3-6,13H,7H2,1-2H3;1-2H3;/q-1;;. The third-order valence-corrected chi connectivity index (χ3v) is 2.28. The van der Waals surface area contributed by atoms with Gasteiger partial charge in [-0.05, 0) is 19.7 Å². The third-order valence-electron chi connectivity index (χ3n) is 2.28. The molecule has 0 bridgehead atoms. The van der Waals surface area contributed by atoms with Crippen LogP contribution in [0.5, 0.6) is 0 Å². The Morgan fingerprint density at radius 3 is 2.56 bits per heavy atom. The van der Waals surface area contributed by atoms with Crippen LogP contribution in [0, 0.1) is 6.20 Å². The van der Waals surface area contributed by atoms with Crippen molar-refractivity contribution in [1.29, 1.82) is 0 Å². The van der Waals surface area contributed by atoms with Crippen LogP contribution in [0.4, 0.5) is 11.4 Å². The topological polar surface area (TPSA) is 32.3 Å². The van der Waals surface area contributed by atoms with E-state index in [-0.39, 0.29) is 38.5 Å². The van der Waals surface area contributed by atoms with Crippen molar-refractivity contribution in [2.75, 3.05) is 17.3 Å². The quantitative estimate of drug-likeness (QED) is 0.850. The molecule has 1 aromatic rings. The van der Waals surface area contributed by atoms with Crippen LogP contribution >= 0.6 is 0 Å². The molecule has 95 valence electrons. The Morgan fingerprint density at radius 1 is 1.33 bits per heavy atom. The van der Waals surface area contributed by atoms with Crippen LogP contribution in [0.2, 0.25) is 0 Å². The molecular formula is C14H19N2OY-. The molecule has 0 fully saturated rings. The number of ketones is 1. The van der Waals surface area contributed by atoms with E-state index < -0.39 is 0 Å². The fraction of sp³-hybridized carbons (Fsp3) is 0.357. The molecule has 0 atom stereocenters. The van der Waals surface area contributed by atoms with Crippen LogP contribution in [-0.4, -0.2) is 12.8 Å². The van der Waals surface area contributed by atoms with E-state index >= 15 is 0 Å². The number of nitrogens with one attached hydrogen (secondary N) is 1. The number of carbonyl (C=O) groups is 1. The van der Waals surface area contributed by atoms with Crippen molar-refractivity contribution in [3.05, 3.63) is 36.2 Å². The van der Waals surface area contributed by atoms with Crippen molar-refractivity contribution in [2.24, 2.45) is 0 Å². The van der Waals surface area contributed by atoms with Crippen molar-refractivity contribution in [1.82, 2.24) is 0 Å². The summed E-state index contributed by atoms with van der Waals surface area (Å²) in [6, 6.07) is 7.96. The molecule has 0 saturated carbocycles. The van der Waals surface area contributed by atoms with Crippen molar-refractivity contribution in [2.45, 2.75) is 27.2 Å². The van der Waals surface area contributed by atoms with Crippen LogP contribution < -0.4 is 10.2 Å². The SMILES string of the molecule is CC.CC(=O)CC1=[C-]N(C)c2ccccc2N1.[Y]. The van der Waals surface area contributed by atoms with Crippen LogP contribution in [-0.2, 0) is 37.5 Å². The van der Waals surface area contributed by atoms with E-state index in [9.17, 15) is 4.79 Å². The molecule has 1 heterocycles. The van der Waals surface area contributed by atoms with Gasteiger partial charge in [0.2, 0.25) is 0 Å². The number of allylic oxidation sites excluding steroid dienone is 1. The summed E-state index contributed by atoms with van der Waals surface area (Å²) in [5.74, 6) is 0.137. The Morgan fingerprint density at radius 2 is 1.94 bits per heavy atom. The van der Waals surface area contributed by atoms with Gasteiger partial charge in [-0.3, -0.25) is 4.79 Å². The number of nitrogens with zero attached hydrogens (tertiary/aromatic N) is 1. The number of Topliss-reactive ketones (excluding diaryl/α,β-unsaturated/α-hetero) is 1. The van der Waals surface area contributed by atoms with Gasteiger partial charge in [0, 0.05) is 39.1 Å². The summed E-state index contributed by atoms with van der Waals surface area (Å²) in [6.45, 7) is 5.58. The molecule has 0 spiro atoms. The molecule has 1 radical (unpaired) electrons. The first-order valence-electron chi connectivity index (χ1n) is 5.88. The zero-order valence-electron chi connectivity index (χ0n) is 11.4. The van der Waals surface area contributed by atoms with E-state index in [4.69, 9.17) is 0 Å². The van der Waals surface area contributed by atoms with Crippen LogP contribution in [0.15, 0.2) is 30.0 Å². The van der Waals surface area contributed by atoms with Gasteiger partial charge in [0.15, 0.2) is 0 Å². The molecular weight excluding hydrogens is 301 g/mol. The van der Waals surface area contributed by atoms with Gasteiger partial charge in [0.1, 0.15) is 5.78 Å². The molecule has 2 rings (SSSR count). The van der Waals surface area contributed by atoms with Crippen molar-refractivity contribution in [3.63, 3.8) is 0 Å². The first kappa shape index (κ1) is 17.3. The number of hydrogen-bond donors (Lipinski definition) is 1. The number of hydrogen-bond acceptors (Lipinski definition) is 3. The smallest absolute Gasteiger partial charge is 0.134 e. The van der Waals surface area contributed by atoms with Crippen molar-refractivity contribution < 1.29 is 37.5 Å². The second kappa shape index (κ2) is 8.44. The Hall–Kier alpha value is -0.666. The van der Waals surface area contributed by atoms with Gasteiger partial charge in [0.25, 0.3) is 0 Å². The molecule has 1 aliphatic rings. The number of para-hydroxylation sites is 2. The summed E-state index contributed by atoms with van der Waals surface area (Å²) < 4.78 is 0. The molecule has 1 aromatic carbocycles. The van der Waals surface area contributed by atoms with Gasteiger partial charge in [-0.15, -0.1) is 6.07 Å². The van der Waals surface area contributed by atoms with Gasteiger partial charge in [-0.2, -0.15) is 6.20 Å². The summed E-state index contributed by atoms with van der Waals surface area (Å²) in [5, 5.41) is 3.20. The Bertz CT molecular complexity index is 430. The summed E-state index contributed by atoms with van der Waals surface area (Å²) in [7, 11) is 1.93. The minimum atomic E-state index is 0. The maximum Gasteiger partial charge on any atom is 0.134 e. The zero-order valence-corrected chi connectivity index (χ0v) is 14.3. The first-order chi connectivity index (χ1) is 8.16. The summed E-state index contributed by atoms with van der Waals surface area (Å²) in [5.41, 5.74) is 2.92. The predicted molar refractivity (Wildman–Crippen MR) is 71.9 cm³/mol. The molecule has 4 heteroatoms. The fourth-order valence-corrected chi connectivity index (χ4v) is 1.66. The van der Waals surface area contributed by atoms with Gasteiger partial charge >= 0.3 is 0 Å². The Kier molecular flexibility index (Phi) is 8.13. The Labute approximate surface area is 135 Å². The van der Waals surface area contributed by atoms with E-state index in [1.54, 1.807) is 6.92 Å². The molecule has 18 heavy (non-hydrogen) atoms. The number of rotatable bonds is 2. The van der Waals surface area contributed by atoms with E-state index in [1.165, 1.54) is 0 Å². The van der Waals surface area contributed by atoms with Crippen LogP contribution in [0.25, 0.3) is 0 Å². The monoisotopic (exact) mass is 320 g/mol. The average molecular weight is 320 g/mol. The average Bonchev–Trinajstić information content (AvgIpc) is 2.31. The molecule has 1 N–H and O–H groups in total. The summed E-state index contributed by atoms with van der Waals surface area (Å²) >= 11 is 0. The largest absolute Gasteiger partial charge is 0.510 e. The number of fused-ring (bicyclic) bond motifs is 1. The molecule has 0 unspecified atom stereocenters. The normalized spacial score (nSPS) is 12.0. The minimum Gasteiger partial charge on any atom is -0.510 e. The maximum atomic E-state index is 11.0. The number of anilines is 2. The fourth-order valence-electron chi connectivity index (χ4n) is 1.66. The second-order valence-electron chi connectivity index (χ2n) is 3.67. The van der Waals surface area contributed by atoms with E-state index in [0.717, 1.165) is 17.1 Å². The van der Waals surface area contributed by atoms with Crippen LogP contribution in [0.1, 0.15) is 27.2 Å². The molecule has 0 aromatic heterocycles. The molecule has 0 amide bonds. The Balaban J connectivity index is 0.000000917. The molecule has 1 aliphatic heterocycles. The van der Waals surface area contributed by atoms with Gasteiger partial charge in [0.05, 0.1) is 0 Å². The molecule has 0 aliphatic carbocycles. The van der Waals surface area contributed by atoms with Crippen LogP contribution in [0.3, 0.4) is 0 Å². The van der Waals surface area contributed by atoms with Gasteiger partial charge in [-0.1, -0.05) is 43.4 Å². The van der Waals surface area contributed by atoms with Gasteiger partial charge < -0.3 is 10.2 Å². The minimum absolute atomic E-state index is 0. The number of benzene rings is 1. The molecule has 3 nitrogen and oxygen atoms in total.